The monoisotopic (exact) mass is 474 g/mol. The molecule has 2 aromatic rings. The number of amides is 2. The highest BCUT2D eigenvalue weighted by atomic mass is 16.6. The van der Waals surface area contributed by atoms with Gasteiger partial charge in [-0.2, -0.15) is 0 Å². The first kappa shape index (κ1) is 25.4. The molecular formula is C23H34N6O5. The van der Waals surface area contributed by atoms with Crippen molar-refractivity contribution in [2.45, 2.75) is 33.2 Å². The molecule has 3 heterocycles. The lowest BCUT2D eigenvalue weighted by molar-refractivity contribution is -0.384. The van der Waals surface area contributed by atoms with Crippen molar-refractivity contribution in [3.05, 3.63) is 46.0 Å². The minimum Gasteiger partial charge on any atom is -0.379 e. The van der Waals surface area contributed by atoms with Crippen LogP contribution in [0.25, 0.3) is 0 Å². The molecule has 2 amide bonds. The van der Waals surface area contributed by atoms with E-state index in [0.717, 1.165) is 45.7 Å². The Morgan fingerprint density at radius 2 is 1.85 bits per heavy atom. The second kappa shape index (κ2) is 11.8. The number of morpholine rings is 1. The molecule has 3 rings (SSSR count). The van der Waals surface area contributed by atoms with Crippen molar-refractivity contribution >= 4 is 23.2 Å². The molecule has 2 aromatic heterocycles. The van der Waals surface area contributed by atoms with Crippen LogP contribution in [0.3, 0.4) is 0 Å². The van der Waals surface area contributed by atoms with Crippen molar-refractivity contribution in [1.29, 1.82) is 0 Å². The second-order valence-electron chi connectivity index (χ2n) is 8.96. The number of nitrogens with zero attached hydrogens (tertiary/aromatic N) is 4. The van der Waals surface area contributed by atoms with E-state index in [1.165, 1.54) is 12.3 Å². The van der Waals surface area contributed by atoms with Gasteiger partial charge in [0.1, 0.15) is 11.4 Å². The molecule has 0 aromatic carbocycles. The summed E-state index contributed by atoms with van der Waals surface area (Å²) < 4.78 is 8.59. The van der Waals surface area contributed by atoms with Gasteiger partial charge in [-0.15, -0.1) is 0 Å². The van der Waals surface area contributed by atoms with Gasteiger partial charge >= 0.3 is 0 Å². The van der Waals surface area contributed by atoms with Gasteiger partial charge in [-0.3, -0.25) is 24.6 Å². The van der Waals surface area contributed by atoms with Gasteiger partial charge in [0, 0.05) is 45.5 Å². The quantitative estimate of drug-likeness (QED) is 0.293. The van der Waals surface area contributed by atoms with Crippen LogP contribution in [0.2, 0.25) is 0 Å². The first-order valence-electron chi connectivity index (χ1n) is 11.6. The summed E-state index contributed by atoms with van der Waals surface area (Å²) >= 11 is 0. The Kier molecular flexibility index (Phi) is 8.83. The molecule has 1 aliphatic rings. The number of rotatable bonds is 11. The van der Waals surface area contributed by atoms with Gasteiger partial charge in [0.15, 0.2) is 0 Å². The minimum atomic E-state index is -0.507. The van der Waals surface area contributed by atoms with Crippen LogP contribution in [-0.2, 0) is 18.3 Å². The van der Waals surface area contributed by atoms with Crippen LogP contribution < -0.4 is 10.6 Å². The second-order valence-corrected chi connectivity index (χ2v) is 8.96. The van der Waals surface area contributed by atoms with Crippen LogP contribution in [0.5, 0.6) is 0 Å². The molecule has 1 aliphatic heterocycles. The summed E-state index contributed by atoms with van der Waals surface area (Å²) in [6.07, 6.45) is 4.66. The molecule has 0 saturated carbocycles. The lowest BCUT2D eigenvalue weighted by atomic mass is 10.1. The third kappa shape index (κ3) is 6.91. The Balaban J connectivity index is 1.58. The summed E-state index contributed by atoms with van der Waals surface area (Å²) in [5.74, 6) is -0.290. The first-order chi connectivity index (χ1) is 16.2. The summed E-state index contributed by atoms with van der Waals surface area (Å²) in [6, 6.07) is 2.88. The topological polar surface area (TPSA) is 124 Å². The molecule has 186 valence electrons. The van der Waals surface area contributed by atoms with Gasteiger partial charge in [0.25, 0.3) is 17.5 Å². The van der Waals surface area contributed by atoms with Gasteiger partial charge in [0.2, 0.25) is 0 Å². The molecule has 0 aliphatic carbocycles. The van der Waals surface area contributed by atoms with E-state index in [0.29, 0.717) is 30.4 Å². The number of hydrogen-bond donors (Lipinski definition) is 2. The number of nitro groups is 1. The van der Waals surface area contributed by atoms with Crippen LogP contribution in [0.15, 0.2) is 24.5 Å². The molecule has 2 N–H and O–H groups in total. The Bertz CT molecular complexity index is 1010. The van der Waals surface area contributed by atoms with Crippen molar-refractivity contribution < 1.29 is 19.2 Å². The summed E-state index contributed by atoms with van der Waals surface area (Å²) in [4.78, 5) is 38.5. The van der Waals surface area contributed by atoms with Crippen molar-refractivity contribution in [3.63, 3.8) is 0 Å². The van der Waals surface area contributed by atoms with Crippen molar-refractivity contribution in [1.82, 2.24) is 19.4 Å². The van der Waals surface area contributed by atoms with E-state index in [1.54, 1.807) is 28.4 Å². The summed E-state index contributed by atoms with van der Waals surface area (Å²) in [5.41, 5.74) is 0.956. The van der Waals surface area contributed by atoms with Gasteiger partial charge in [-0.05, 0) is 31.4 Å². The number of carbonyl (C=O) groups is 2. The highest BCUT2D eigenvalue weighted by Crippen LogP contribution is 2.20. The van der Waals surface area contributed by atoms with E-state index in [-0.39, 0.29) is 17.3 Å². The van der Waals surface area contributed by atoms with Gasteiger partial charge in [-0.1, -0.05) is 13.8 Å². The molecule has 1 saturated heterocycles. The number of anilines is 1. The maximum atomic E-state index is 12.9. The average Bonchev–Trinajstić information content (AvgIpc) is 3.39. The van der Waals surface area contributed by atoms with E-state index in [2.05, 4.69) is 29.4 Å². The van der Waals surface area contributed by atoms with Crippen molar-refractivity contribution in [3.8, 4) is 0 Å². The molecule has 0 atom stereocenters. The Hall–Kier alpha value is -3.18. The van der Waals surface area contributed by atoms with Crippen molar-refractivity contribution in [2.75, 3.05) is 44.7 Å². The van der Waals surface area contributed by atoms with E-state index in [9.17, 15) is 19.7 Å². The molecule has 11 heteroatoms. The summed E-state index contributed by atoms with van der Waals surface area (Å²) in [6.45, 7) is 9.39. The number of aryl methyl sites for hydroxylation is 2. The van der Waals surface area contributed by atoms with Crippen LogP contribution in [0.4, 0.5) is 11.4 Å². The first-order valence-corrected chi connectivity index (χ1v) is 11.6. The molecule has 0 spiro atoms. The smallest absolute Gasteiger partial charge is 0.287 e. The van der Waals surface area contributed by atoms with Crippen LogP contribution in [-0.4, -0.2) is 70.2 Å². The van der Waals surface area contributed by atoms with Crippen molar-refractivity contribution in [2.24, 2.45) is 13.0 Å². The SMILES string of the molecule is CC(C)CCn1cc([N+](=O)[O-])cc1C(=O)Nc1cc(C(=O)NCCCN2CCOCC2)n(C)c1. The zero-order valence-electron chi connectivity index (χ0n) is 20.1. The highest BCUT2D eigenvalue weighted by Gasteiger charge is 2.21. The predicted molar refractivity (Wildman–Crippen MR) is 128 cm³/mol. The average molecular weight is 475 g/mol. The highest BCUT2D eigenvalue weighted by molar-refractivity contribution is 6.04. The van der Waals surface area contributed by atoms with Crippen LogP contribution >= 0.6 is 0 Å². The number of ether oxygens (including phenoxy) is 1. The predicted octanol–water partition coefficient (Wildman–Crippen LogP) is 2.49. The fourth-order valence-electron chi connectivity index (χ4n) is 3.84. The Morgan fingerprint density at radius 3 is 2.53 bits per heavy atom. The molecule has 0 radical (unpaired) electrons. The lowest BCUT2D eigenvalue weighted by Gasteiger charge is -2.26. The number of aromatic nitrogens is 2. The van der Waals surface area contributed by atoms with Gasteiger partial charge < -0.3 is 24.5 Å². The number of nitrogens with one attached hydrogen (secondary N) is 2. The van der Waals surface area contributed by atoms with Crippen LogP contribution in [0.1, 0.15) is 47.7 Å². The molecule has 34 heavy (non-hydrogen) atoms. The third-order valence-electron chi connectivity index (χ3n) is 5.81. The zero-order valence-corrected chi connectivity index (χ0v) is 20.1. The lowest BCUT2D eigenvalue weighted by Crippen LogP contribution is -2.38. The molecule has 1 fully saturated rings. The molecule has 11 nitrogen and oxygen atoms in total. The normalized spacial score (nSPS) is 14.4. The van der Waals surface area contributed by atoms with E-state index >= 15 is 0 Å². The van der Waals surface area contributed by atoms with Gasteiger partial charge in [0.05, 0.1) is 30.0 Å². The summed E-state index contributed by atoms with van der Waals surface area (Å²) in [5, 5.41) is 16.9. The van der Waals surface area contributed by atoms with E-state index in [1.807, 2.05) is 0 Å². The largest absolute Gasteiger partial charge is 0.379 e. The standard InChI is InChI=1S/C23H34N6O5/c1-17(2)5-8-28-16-19(29(32)33)14-21(28)23(31)25-18-13-20(26(3)15-18)22(30)24-6-4-7-27-9-11-34-12-10-27/h13-17H,4-12H2,1-3H3,(H,24,30)(H,25,31). The summed E-state index contributed by atoms with van der Waals surface area (Å²) in [7, 11) is 1.73. The van der Waals surface area contributed by atoms with E-state index < -0.39 is 10.8 Å². The Morgan fingerprint density at radius 1 is 1.12 bits per heavy atom. The maximum Gasteiger partial charge on any atom is 0.287 e. The van der Waals surface area contributed by atoms with Gasteiger partial charge in [-0.25, -0.2) is 0 Å². The van der Waals surface area contributed by atoms with Crippen LogP contribution in [0, 0.1) is 16.0 Å². The molecule has 0 bridgehead atoms. The molecular weight excluding hydrogens is 440 g/mol. The fourth-order valence-corrected chi connectivity index (χ4v) is 3.84. The third-order valence-corrected chi connectivity index (χ3v) is 5.81. The van der Waals surface area contributed by atoms with E-state index in [4.69, 9.17) is 4.74 Å². The molecule has 0 unspecified atom stereocenters. The number of carbonyl (C=O) groups excluding carboxylic acids is 2. The fraction of sp³-hybridized carbons (Fsp3) is 0.565. The number of hydrogen-bond acceptors (Lipinski definition) is 6. The minimum absolute atomic E-state index is 0.126. The zero-order chi connectivity index (χ0) is 24.7. The maximum absolute atomic E-state index is 12.9. The Labute approximate surface area is 199 Å².